The largest absolute Gasteiger partial charge is 0.460 e. The minimum Gasteiger partial charge on any atom is -0.460 e. The van der Waals surface area contributed by atoms with E-state index in [4.69, 9.17) is 67.3 Å². The Labute approximate surface area is 435 Å². The molecule has 0 unspecified atom stereocenters. The molecule has 0 spiro atoms. The molecular weight excluding hydrogens is 1050 g/mol. The molecule has 22 fully saturated rings. The van der Waals surface area contributed by atoms with Crippen LogP contribution in [-0.4, -0.2) is 317 Å². The molecule has 23 rings (SSSR count). The zero-order valence-corrected chi connectivity index (χ0v) is 40.4. The fourth-order valence-electron chi connectivity index (χ4n) is 9.90. The Hall–Kier alpha value is -2.93. The highest BCUT2D eigenvalue weighted by molar-refractivity contribution is 5.87. The number of aliphatic hydroxyl groups is 17. The van der Waals surface area contributed by atoms with Crippen molar-refractivity contribution in [2.75, 3.05) is 45.4 Å². The van der Waals surface area contributed by atoms with Crippen LogP contribution in [0.4, 0.5) is 5.69 Å². The molecule has 0 radical (unpaired) electrons. The van der Waals surface area contributed by atoms with Crippen LogP contribution in [0.2, 0.25) is 0 Å². The average Bonchev–Trinajstić information content (AvgIpc) is 3.42. The van der Waals surface area contributed by atoms with Gasteiger partial charge in [0, 0.05) is 11.8 Å². The number of anilines is 1. The third kappa shape index (κ3) is 12.6. The number of hydrogen-bond donors (Lipinski definition) is 18. The zero-order valence-electron chi connectivity index (χ0n) is 40.4. The van der Waals surface area contributed by atoms with Gasteiger partial charge in [-0.1, -0.05) is 12.1 Å². The summed E-state index contributed by atoms with van der Waals surface area (Å²) in [4.78, 5) is 13.0. The summed E-state index contributed by atoms with van der Waals surface area (Å²) in [5, 5.41) is 189. The summed E-state index contributed by atoms with van der Waals surface area (Å²) in [5.74, 6) is -1.00. The average molecular weight is 1120 g/mol. The van der Waals surface area contributed by atoms with Crippen molar-refractivity contribution in [1.82, 2.24) is 0 Å². The lowest BCUT2D eigenvalue weighted by Gasteiger charge is -2.50. The van der Waals surface area contributed by atoms with Gasteiger partial charge >= 0.3 is 5.97 Å². The number of rotatable bonds is 9. The van der Waals surface area contributed by atoms with Crippen molar-refractivity contribution in [1.29, 1.82) is 0 Å². The second kappa shape index (κ2) is 25.9. The van der Waals surface area contributed by atoms with Crippen LogP contribution in [0.5, 0.6) is 0 Å². The molecule has 438 valence electrons. The molecule has 0 aliphatic carbocycles. The predicted octanol–water partition coefficient (Wildman–Crippen LogP) is -11.2. The number of nitrogens with two attached hydrogens (primary N) is 1. The van der Waals surface area contributed by atoms with E-state index in [0.717, 1.165) is 6.08 Å². The van der Waals surface area contributed by atoms with Crippen molar-refractivity contribution in [3.63, 3.8) is 0 Å². The summed E-state index contributed by atoms with van der Waals surface area (Å²) in [5.41, 5.74) is 6.70. The van der Waals surface area contributed by atoms with Gasteiger partial charge in [-0.2, -0.15) is 0 Å². The highest BCUT2D eigenvalue weighted by Gasteiger charge is 2.59. The van der Waals surface area contributed by atoms with Crippen molar-refractivity contribution in [3.8, 4) is 0 Å². The van der Waals surface area contributed by atoms with E-state index in [9.17, 15) is 91.6 Å². The maximum Gasteiger partial charge on any atom is 0.330 e. The van der Waals surface area contributed by atoms with Gasteiger partial charge in [0.2, 0.25) is 0 Å². The topological polar surface area (TPSA) is 507 Å². The van der Waals surface area contributed by atoms with Crippen molar-refractivity contribution >= 4 is 17.7 Å². The molecule has 77 heavy (non-hydrogen) atoms. The summed E-state index contributed by atoms with van der Waals surface area (Å²) in [6.07, 6.45) is -57.7. The van der Waals surface area contributed by atoms with Crippen LogP contribution in [0.3, 0.4) is 0 Å². The van der Waals surface area contributed by atoms with E-state index in [2.05, 4.69) is 0 Å². The number of carbonyl (C=O) groups excluding carboxylic acids is 1. The molecule has 32 nitrogen and oxygen atoms in total. The second-order valence-corrected chi connectivity index (χ2v) is 19.3. The van der Waals surface area contributed by atoms with Gasteiger partial charge in [0.25, 0.3) is 0 Å². The summed E-state index contributed by atoms with van der Waals surface area (Å²) >= 11 is 0. The van der Waals surface area contributed by atoms with E-state index < -0.39 is 230 Å². The predicted molar refractivity (Wildman–Crippen MR) is 240 cm³/mol. The summed E-state index contributed by atoms with van der Waals surface area (Å²) in [6.45, 7) is -6.00. The van der Waals surface area contributed by atoms with Gasteiger partial charge in [-0.25, -0.2) is 4.79 Å². The standard InChI is InChI=1S/C45H67NO31/c46-14-4-1-13(2-5-14)3-6-21(52)65-12-20-39-27(58)33(64)45(71-20)76-38-19(11-51)69-43(31(62)25(38)56)74-36-17(9-49)67-41(29(60)23(36)54)72-34-15(7-47)66-40(28(59)22(34)53)73-35-16(8-48)68-42(30(61)24(35)55)75-37-18(10-50)70-44(77-39)32(63)26(37)57/h1-6,15-20,22-45,47-51,53-64H,7-12,46H2/b6-3+/t15-,16-,17-,18-,19-,20-,22-,23-,24-,25-,26-,27-,28-,29-,30-,31-,32-,33-,34-,35-,36-,37-,38-,39-,40-,41-,42-,43-,44-,45-/m1/s1. The van der Waals surface area contributed by atoms with Crippen LogP contribution < -0.4 is 5.73 Å². The van der Waals surface area contributed by atoms with Gasteiger partial charge in [0.05, 0.1) is 33.0 Å². The second-order valence-electron chi connectivity index (χ2n) is 19.3. The molecule has 22 heterocycles. The summed E-state index contributed by atoms with van der Waals surface area (Å²) in [7, 11) is 0. The number of nitrogen functional groups attached to an aromatic ring is 1. The summed E-state index contributed by atoms with van der Waals surface area (Å²) in [6, 6.07) is 6.32. The lowest BCUT2D eigenvalue weighted by atomic mass is 9.94. The fraction of sp³-hybridized carbons (Fsp3) is 0.800. The lowest BCUT2D eigenvalue weighted by Crippen LogP contribution is -2.69. The molecule has 22 aliphatic rings. The number of carbonyl (C=O) groups is 1. The maximum absolute atomic E-state index is 13.0. The smallest absolute Gasteiger partial charge is 0.330 e. The normalized spacial score (nSPS) is 49.1. The Morgan fingerprint density at radius 3 is 0.857 bits per heavy atom. The van der Waals surface area contributed by atoms with Gasteiger partial charge in [-0.05, 0) is 23.8 Å². The van der Waals surface area contributed by atoms with Crippen LogP contribution in [0, 0.1) is 0 Å². The van der Waals surface area contributed by atoms with Crippen molar-refractivity contribution in [3.05, 3.63) is 35.9 Å². The monoisotopic (exact) mass is 1120 g/mol. The number of benzene rings is 1. The molecule has 22 saturated heterocycles. The van der Waals surface area contributed by atoms with Crippen LogP contribution in [-0.2, 0) is 66.4 Å². The Bertz CT molecular complexity index is 2050. The molecule has 0 aromatic heterocycles. The van der Waals surface area contributed by atoms with E-state index in [0.29, 0.717) is 11.3 Å². The van der Waals surface area contributed by atoms with Crippen LogP contribution in [0.15, 0.2) is 30.3 Å². The van der Waals surface area contributed by atoms with Gasteiger partial charge in [0.1, 0.15) is 153 Å². The Morgan fingerprint density at radius 2 is 0.610 bits per heavy atom. The Balaban J connectivity index is 1.10. The first-order chi connectivity index (χ1) is 36.7. The Morgan fingerprint density at radius 1 is 0.377 bits per heavy atom. The van der Waals surface area contributed by atoms with Gasteiger partial charge in [-0.15, -0.1) is 0 Å². The number of hydrogen-bond acceptors (Lipinski definition) is 32. The quantitative estimate of drug-likeness (QED) is 0.0620. The molecule has 32 heteroatoms. The number of aliphatic hydroxyl groups excluding tert-OH is 17. The molecule has 0 saturated carbocycles. The zero-order chi connectivity index (χ0) is 55.7. The van der Waals surface area contributed by atoms with E-state index in [1.54, 1.807) is 24.3 Å². The highest BCUT2D eigenvalue weighted by Crippen LogP contribution is 2.38. The minimum absolute atomic E-state index is 0.442. The third-order valence-corrected chi connectivity index (χ3v) is 14.2. The fourth-order valence-corrected chi connectivity index (χ4v) is 9.90. The van der Waals surface area contributed by atoms with E-state index >= 15 is 0 Å². The van der Waals surface area contributed by atoms with Crippen molar-refractivity contribution in [2.24, 2.45) is 0 Å². The van der Waals surface area contributed by atoms with Crippen LogP contribution in [0.1, 0.15) is 5.56 Å². The SMILES string of the molecule is Nc1ccc(/C=C/C(=O)OC[C@H]2O[C@@H]3O[C@H]4[C@H](O)[C@@H](O)[C@@H](O[C@H]5[C@H](O)[C@@H](O)[C@@H](O[C@H]6[C@H](O)[C@@H](O)[C@@H](O[C@H]7[C@H](O)[C@@H](O)[C@@H](O[C@H]8[C@H](O)[C@@H](O)[C@@H](O[C@H]2[C@H](O)[C@H]3O)O[C@@H]8CO)O[C@@H]7CO)O[C@@H]6CO)O[C@@H]5CO)O[C@@H]4CO)cc1. The van der Waals surface area contributed by atoms with E-state index in [1.165, 1.54) is 6.08 Å². The number of ether oxygens (including phenoxy) is 13. The first-order valence-corrected chi connectivity index (χ1v) is 24.5. The molecule has 1 aromatic rings. The van der Waals surface area contributed by atoms with Gasteiger partial charge < -0.3 is 154 Å². The first-order valence-electron chi connectivity index (χ1n) is 24.5. The summed E-state index contributed by atoms with van der Waals surface area (Å²) < 4.78 is 74.5. The first kappa shape index (κ1) is 60.2. The minimum atomic E-state index is -2.23. The Kier molecular flexibility index (Phi) is 20.2. The molecule has 30 atom stereocenters. The van der Waals surface area contributed by atoms with Gasteiger partial charge in [-0.3, -0.25) is 0 Å². The lowest BCUT2D eigenvalue weighted by molar-refractivity contribution is -0.404. The molecule has 12 bridgehead atoms. The van der Waals surface area contributed by atoms with E-state index in [-0.39, 0.29) is 0 Å². The van der Waals surface area contributed by atoms with Crippen LogP contribution >= 0.6 is 0 Å². The van der Waals surface area contributed by atoms with Crippen LogP contribution in [0.25, 0.3) is 6.08 Å². The molecule has 1 aromatic carbocycles. The molecule has 0 amide bonds. The van der Waals surface area contributed by atoms with Crippen molar-refractivity contribution in [2.45, 2.75) is 184 Å². The molecular formula is C45H67NO31. The van der Waals surface area contributed by atoms with Gasteiger partial charge in [0.15, 0.2) is 37.7 Å². The number of esters is 1. The van der Waals surface area contributed by atoms with E-state index in [1.807, 2.05) is 0 Å². The molecule has 22 aliphatic heterocycles. The highest BCUT2D eigenvalue weighted by atomic mass is 16.8. The maximum atomic E-state index is 13.0. The third-order valence-electron chi connectivity index (χ3n) is 14.2. The van der Waals surface area contributed by atoms with Crippen molar-refractivity contribution < 1.29 is 153 Å². The molecule has 19 N–H and O–H groups in total.